The molecule has 0 fully saturated rings. The average Bonchev–Trinajstić information content (AvgIpc) is 4.04. The van der Waals surface area contributed by atoms with Gasteiger partial charge < -0.3 is 18.2 Å². The van der Waals surface area contributed by atoms with Gasteiger partial charge in [0, 0.05) is 49.9 Å². The number of para-hydroxylation sites is 3. The van der Waals surface area contributed by atoms with E-state index >= 15 is 0 Å². The number of furan rings is 2. The summed E-state index contributed by atoms with van der Waals surface area (Å²) in [4.78, 5) is 7.45. The second-order valence-corrected chi connectivity index (χ2v) is 15.1. The summed E-state index contributed by atoms with van der Waals surface area (Å²) in [6.45, 7) is 0. The second-order valence-electron chi connectivity index (χ2n) is 15.1. The number of nitrogens with zero attached hydrogens (tertiary/aromatic N) is 2. The fraction of sp³-hybridized carbons (Fsp3) is 0. The Hall–Kier alpha value is -8.15. The van der Waals surface area contributed by atoms with E-state index in [9.17, 15) is 0 Å². The molecule has 0 spiro atoms. The molecule has 0 unspecified atom stereocenters. The predicted octanol–water partition coefficient (Wildman–Crippen LogP) is 15.8. The van der Waals surface area contributed by atoms with Crippen LogP contribution in [0.3, 0.4) is 0 Å². The van der Waals surface area contributed by atoms with Crippen molar-refractivity contribution in [3.8, 4) is 44.8 Å². The van der Waals surface area contributed by atoms with Crippen molar-refractivity contribution < 1.29 is 13.3 Å². The van der Waals surface area contributed by atoms with Crippen molar-refractivity contribution in [3.05, 3.63) is 206 Å². The van der Waals surface area contributed by atoms with Gasteiger partial charge >= 0.3 is 0 Å². The summed E-state index contributed by atoms with van der Waals surface area (Å²) in [7, 11) is 0. The molecule has 0 atom stereocenters. The first kappa shape index (κ1) is 33.9. The fourth-order valence-corrected chi connectivity index (χ4v) is 8.68. The van der Waals surface area contributed by atoms with Crippen LogP contribution in [-0.4, -0.2) is 4.98 Å². The van der Waals surface area contributed by atoms with Crippen molar-refractivity contribution in [2.24, 2.45) is 0 Å². The first-order valence-corrected chi connectivity index (χ1v) is 20.1. The van der Waals surface area contributed by atoms with Gasteiger partial charge in [0.25, 0.3) is 0 Å². The first-order chi connectivity index (χ1) is 29.7. The van der Waals surface area contributed by atoms with Gasteiger partial charge in [-0.1, -0.05) is 140 Å². The summed E-state index contributed by atoms with van der Waals surface area (Å²) in [6.07, 6.45) is 0. The molecule has 5 nitrogen and oxygen atoms in total. The van der Waals surface area contributed by atoms with Gasteiger partial charge in [-0.3, -0.25) is 0 Å². The van der Waals surface area contributed by atoms with E-state index in [4.69, 9.17) is 18.2 Å². The Kier molecular flexibility index (Phi) is 7.78. The molecule has 12 aromatic rings. The average molecular weight is 771 g/mol. The minimum atomic E-state index is 0.568. The summed E-state index contributed by atoms with van der Waals surface area (Å²) in [5.41, 5.74) is 15.1. The Morgan fingerprint density at radius 3 is 1.70 bits per heavy atom. The minimum Gasteiger partial charge on any atom is -0.456 e. The third-order valence-corrected chi connectivity index (χ3v) is 11.5. The van der Waals surface area contributed by atoms with Crippen molar-refractivity contribution in [2.45, 2.75) is 0 Å². The van der Waals surface area contributed by atoms with Crippen molar-refractivity contribution in [2.75, 3.05) is 4.90 Å². The number of fused-ring (bicyclic) bond motifs is 8. The summed E-state index contributed by atoms with van der Waals surface area (Å²) < 4.78 is 19.7. The number of aromatic nitrogens is 1. The van der Waals surface area contributed by atoms with Crippen molar-refractivity contribution in [1.29, 1.82) is 0 Å². The Balaban J connectivity index is 1.03. The van der Waals surface area contributed by atoms with E-state index in [2.05, 4.69) is 150 Å². The maximum atomic E-state index is 6.73. The molecule has 3 heterocycles. The zero-order chi connectivity index (χ0) is 39.6. The van der Waals surface area contributed by atoms with Gasteiger partial charge in [-0.05, 0) is 89.0 Å². The Labute approximate surface area is 345 Å². The third kappa shape index (κ3) is 5.59. The molecule has 0 aliphatic carbocycles. The van der Waals surface area contributed by atoms with Gasteiger partial charge in [-0.25, -0.2) is 4.98 Å². The topological polar surface area (TPSA) is 55.6 Å². The molecule has 0 amide bonds. The smallest absolute Gasteiger partial charge is 0.227 e. The van der Waals surface area contributed by atoms with Crippen LogP contribution in [0.4, 0.5) is 17.1 Å². The third-order valence-electron chi connectivity index (χ3n) is 11.5. The molecule has 0 N–H and O–H groups in total. The van der Waals surface area contributed by atoms with E-state index in [-0.39, 0.29) is 0 Å². The van der Waals surface area contributed by atoms with Crippen molar-refractivity contribution in [1.82, 2.24) is 4.98 Å². The molecule has 0 aliphatic heterocycles. The molecule has 0 aliphatic rings. The van der Waals surface area contributed by atoms with Crippen LogP contribution in [-0.2, 0) is 0 Å². The number of hydrogen-bond donors (Lipinski definition) is 0. The van der Waals surface area contributed by atoms with Crippen molar-refractivity contribution >= 4 is 72.0 Å². The molecule has 0 saturated heterocycles. The zero-order valence-corrected chi connectivity index (χ0v) is 32.2. The lowest BCUT2D eigenvalue weighted by atomic mass is 9.99. The normalized spacial score (nSPS) is 11.7. The highest BCUT2D eigenvalue weighted by atomic mass is 16.4. The predicted molar refractivity (Wildman–Crippen MR) is 245 cm³/mol. The first-order valence-electron chi connectivity index (χ1n) is 20.1. The van der Waals surface area contributed by atoms with Gasteiger partial charge in [0.2, 0.25) is 5.89 Å². The van der Waals surface area contributed by atoms with Gasteiger partial charge in [-0.15, -0.1) is 0 Å². The molecule has 0 saturated carbocycles. The van der Waals surface area contributed by atoms with Crippen LogP contribution in [0, 0.1) is 0 Å². The molecule has 0 bridgehead atoms. The number of anilines is 3. The van der Waals surface area contributed by atoms with Gasteiger partial charge in [0.1, 0.15) is 27.8 Å². The standard InChI is InChI=1S/C55H34N2O3/c1-3-14-35(15-4-1)38-18-11-20-41(32-38)57(40-30-28-36(29-31-40)43-24-13-25-45-44-22-7-9-26-48(44)59-53(43)45)42-21-12-19-39(33-42)47-34-50-51(46-23-8-10-27-49(46)58-50)52-54(47)60-55(56-52)37-16-5-2-6-17-37/h1-34H. The molecule has 0 radical (unpaired) electrons. The summed E-state index contributed by atoms with van der Waals surface area (Å²) in [6, 6.07) is 71.5. The van der Waals surface area contributed by atoms with Crippen LogP contribution < -0.4 is 4.90 Å². The summed E-state index contributed by atoms with van der Waals surface area (Å²) in [5, 5.41) is 4.19. The van der Waals surface area contributed by atoms with E-state index in [0.29, 0.717) is 11.5 Å². The molecule has 3 aromatic heterocycles. The largest absolute Gasteiger partial charge is 0.456 e. The van der Waals surface area contributed by atoms with Gasteiger partial charge in [0.05, 0.1) is 5.39 Å². The lowest BCUT2D eigenvalue weighted by Gasteiger charge is -2.27. The SMILES string of the molecule is c1ccc(-c2cccc(N(c3ccc(-c4cccc5c4oc4ccccc45)cc3)c3cccc(-c4cc5oc6ccccc6c5c5nc(-c6ccccc6)oc45)c3)c2)cc1. The number of oxazole rings is 1. The van der Waals surface area contributed by atoms with E-state index in [1.54, 1.807) is 0 Å². The second kappa shape index (κ2) is 13.8. The summed E-state index contributed by atoms with van der Waals surface area (Å²) >= 11 is 0. The van der Waals surface area contributed by atoms with Crippen LogP contribution in [0.1, 0.15) is 0 Å². The highest BCUT2D eigenvalue weighted by Crippen LogP contribution is 2.44. The molecule has 12 rings (SSSR count). The van der Waals surface area contributed by atoms with Crippen LogP contribution in [0.2, 0.25) is 0 Å². The van der Waals surface area contributed by atoms with E-state index < -0.39 is 0 Å². The number of benzene rings is 9. The Morgan fingerprint density at radius 1 is 0.333 bits per heavy atom. The van der Waals surface area contributed by atoms with E-state index in [0.717, 1.165) is 105 Å². The summed E-state index contributed by atoms with van der Waals surface area (Å²) in [5.74, 6) is 0.568. The monoisotopic (exact) mass is 770 g/mol. The molecular weight excluding hydrogens is 737 g/mol. The lowest BCUT2D eigenvalue weighted by molar-refractivity contribution is 0.620. The van der Waals surface area contributed by atoms with Gasteiger partial charge in [0.15, 0.2) is 5.58 Å². The maximum Gasteiger partial charge on any atom is 0.227 e. The molecular formula is C55H34N2O3. The van der Waals surface area contributed by atoms with Crippen LogP contribution in [0.25, 0.3) is 99.8 Å². The maximum absolute atomic E-state index is 6.73. The van der Waals surface area contributed by atoms with Crippen molar-refractivity contribution in [3.63, 3.8) is 0 Å². The number of rotatable bonds is 7. The molecule has 9 aromatic carbocycles. The highest BCUT2D eigenvalue weighted by molar-refractivity contribution is 6.20. The lowest BCUT2D eigenvalue weighted by Crippen LogP contribution is -2.10. The zero-order valence-electron chi connectivity index (χ0n) is 32.2. The fourth-order valence-electron chi connectivity index (χ4n) is 8.68. The van der Waals surface area contributed by atoms with Crippen LogP contribution >= 0.6 is 0 Å². The van der Waals surface area contributed by atoms with E-state index in [1.807, 2.05) is 60.7 Å². The molecule has 282 valence electrons. The Bertz CT molecular complexity index is 3540. The minimum absolute atomic E-state index is 0.568. The van der Waals surface area contributed by atoms with Crippen LogP contribution in [0.15, 0.2) is 220 Å². The Morgan fingerprint density at radius 2 is 0.933 bits per heavy atom. The quantitative estimate of drug-likeness (QED) is 0.162. The number of hydrogen-bond acceptors (Lipinski definition) is 5. The highest BCUT2D eigenvalue weighted by Gasteiger charge is 2.22. The van der Waals surface area contributed by atoms with Crippen LogP contribution in [0.5, 0.6) is 0 Å². The molecule has 60 heavy (non-hydrogen) atoms. The van der Waals surface area contributed by atoms with E-state index in [1.165, 1.54) is 0 Å². The van der Waals surface area contributed by atoms with Gasteiger partial charge in [-0.2, -0.15) is 0 Å². The molecule has 5 heteroatoms.